The molecule has 0 saturated carbocycles. The van der Waals surface area contributed by atoms with Crippen molar-refractivity contribution in [2.24, 2.45) is 0 Å². The molecule has 7 nitrogen and oxygen atoms in total. The zero-order chi connectivity index (χ0) is 21.0. The first-order valence-corrected chi connectivity index (χ1v) is 9.54. The number of fused-ring (bicyclic) bond motifs is 6. The summed E-state index contributed by atoms with van der Waals surface area (Å²) < 4.78 is 11.8. The van der Waals surface area contributed by atoms with E-state index >= 15 is 0 Å². The number of halogens is 1. The second-order valence-corrected chi connectivity index (χ2v) is 7.24. The van der Waals surface area contributed by atoms with E-state index in [1.54, 1.807) is 24.3 Å². The summed E-state index contributed by atoms with van der Waals surface area (Å²) >= 11 is 5.54. The zero-order valence-electron chi connectivity index (χ0n) is 15.3. The van der Waals surface area contributed by atoms with Gasteiger partial charge in [0.1, 0.15) is 28.9 Å². The smallest absolute Gasteiger partial charge is 0.340 e. The van der Waals surface area contributed by atoms with Gasteiger partial charge in [-0.1, -0.05) is 6.07 Å². The van der Waals surface area contributed by atoms with Crippen LogP contribution in [0.1, 0.15) is 27.0 Å². The lowest BCUT2D eigenvalue weighted by Crippen LogP contribution is -2.32. The van der Waals surface area contributed by atoms with Gasteiger partial charge in [0, 0.05) is 34.5 Å². The second kappa shape index (κ2) is 6.40. The van der Waals surface area contributed by atoms with Gasteiger partial charge in [-0.3, -0.25) is 4.79 Å². The summed E-state index contributed by atoms with van der Waals surface area (Å²) in [6.07, 6.45) is 0. The van der Waals surface area contributed by atoms with Crippen molar-refractivity contribution >= 4 is 29.2 Å². The molecule has 0 aromatic heterocycles. The number of hydrogen-bond donors (Lipinski definition) is 3. The summed E-state index contributed by atoms with van der Waals surface area (Å²) in [5.74, 6) is -0.623. The molecule has 0 saturated heterocycles. The van der Waals surface area contributed by atoms with Crippen LogP contribution in [0.2, 0.25) is 0 Å². The predicted molar refractivity (Wildman–Crippen MR) is 107 cm³/mol. The normalized spacial score (nSPS) is 14.9. The summed E-state index contributed by atoms with van der Waals surface area (Å²) in [6, 6.07) is 14.0. The molecule has 0 aliphatic carbocycles. The van der Waals surface area contributed by atoms with Gasteiger partial charge in [-0.15, -0.1) is 11.6 Å². The number of amides is 1. The summed E-state index contributed by atoms with van der Waals surface area (Å²) in [5.41, 5.74) is 0.982. The Morgan fingerprint density at radius 1 is 0.933 bits per heavy atom. The van der Waals surface area contributed by atoms with Crippen LogP contribution >= 0.6 is 11.6 Å². The average molecular weight is 424 g/mol. The maximum atomic E-state index is 12.9. The van der Waals surface area contributed by atoms with Gasteiger partial charge in [0.25, 0.3) is 0 Å². The van der Waals surface area contributed by atoms with E-state index in [4.69, 9.17) is 21.1 Å². The largest absolute Gasteiger partial charge is 0.508 e. The van der Waals surface area contributed by atoms with E-state index in [-0.39, 0.29) is 22.9 Å². The Labute approximate surface area is 175 Å². The number of esters is 1. The van der Waals surface area contributed by atoms with Crippen LogP contribution < -0.4 is 10.1 Å². The van der Waals surface area contributed by atoms with E-state index in [0.717, 1.165) is 0 Å². The van der Waals surface area contributed by atoms with Gasteiger partial charge >= 0.3 is 5.97 Å². The number of anilines is 1. The van der Waals surface area contributed by atoms with Gasteiger partial charge in [0.15, 0.2) is 5.60 Å². The Morgan fingerprint density at radius 2 is 1.53 bits per heavy atom. The van der Waals surface area contributed by atoms with E-state index in [1.807, 2.05) is 0 Å². The number of aromatic hydroxyl groups is 2. The third-order valence-electron chi connectivity index (χ3n) is 5.18. The molecule has 3 N–H and O–H groups in total. The van der Waals surface area contributed by atoms with Gasteiger partial charge in [-0.25, -0.2) is 4.79 Å². The molecule has 1 amide bonds. The van der Waals surface area contributed by atoms with E-state index in [2.05, 4.69) is 5.32 Å². The van der Waals surface area contributed by atoms with Crippen molar-refractivity contribution in [1.82, 2.24) is 0 Å². The van der Waals surface area contributed by atoms with Gasteiger partial charge < -0.3 is 25.0 Å². The van der Waals surface area contributed by atoms with Crippen LogP contribution in [-0.4, -0.2) is 28.0 Å². The Kier molecular flexibility index (Phi) is 3.91. The second-order valence-electron chi connectivity index (χ2n) is 6.98. The minimum Gasteiger partial charge on any atom is -0.508 e. The fourth-order valence-corrected chi connectivity index (χ4v) is 4.04. The molecule has 0 radical (unpaired) electrons. The van der Waals surface area contributed by atoms with E-state index in [9.17, 15) is 19.8 Å². The van der Waals surface area contributed by atoms with Crippen molar-refractivity contribution in [3.05, 3.63) is 76.9 Å². The SMILES string of the molecule is O=C(CCl)Nc1ccc2c(c1)C(=O)OC21c2ccc(O)cc2Oc2cc(O)ccc21. The summed E-state index contributed by atoms with van der Waals surface area (Å²) in [6.45, 7) is 0. The van der Waals surface area contributed by atoms with Gasteiger partial charge in [0.2, 0.25) is 5.91 Å². The van der Waals surface area contributed by atoms with Crippen molar-refractivity contribution < 1.29 is 29.3 Å². The lowest BCUT2D eigenvalue weighted by Gasteiger charge is -2.36. The van der Waals surface area contributed by atoms with E-state index < -0.39 is 17.5 Å². The number of hydrogen-bond acceptors (Lipinski definition) is 6. The highest BCUT2D eigenvalue weighted by Gasteiger charge is 2.53. The number of phenolic OH excluding ortho intramolecular Hbond substituents is 2. The van der Waals surface area contributed by atoms with Crippen LogP contribution in [0.25, 0.3) is 0 Å². The van der Waals surface area contributed by atoms with E-state index in [1.165, 1.54) is 30.3 Å². The van der Waals surface area contributed by atoms with Crippen LogP contribution in [-0.2, 0) is 15.1 Å². The Hall–Kier alpha value is -3.71. The molecule has 5 rings (SSSR count). The molecule has 0 bridgehead atoms. The van der Waals surface area contributed by atoms with Crippen LogP contribution in [0, 0.1) is 0 Å². The fraction of sp³-hybridized carbons (Fsp3) is 0.0909. The molecule has 3 aromatic carbocycles. The van der Waals surface area contributed by atoms with Gasteiger partial charge in [-0.2, -0.15) is 0 Å². The third kappa shape index (κ3) is 2.52. The van der Waals surface area contributed by atoms with Crippen LogP contribution in [0.5, 0.6) is 23.0 Å². The van der Waals surface area contributed by atoms with Crippen LogP contribution in [0.3, 0.4) is 0 Å². The average Bonchev–Trinajstić information content (AvgIpc) is 3.00. The number of carbonyl (C=O) groups is 2. The molecule has 0 fully saturated rings. The Balaban J connectivity index is 1.76. The molecule has 1 spiro atoms. The molecule has 2 aliphatic rings. The van der Waals surface area contributed by atoms with Crippen LogP contribution in [0.15, 0.2) is 54.6 Å². The zero-order valence-corrected chi connectivity index (χ0v) is 16.1. The number of benzene rings is 3. The Bertz CT molecular complexity index is 1190. The molecule has 8 heteroatoms. The Morgan fingerprint density at radius 3 is 2.13 bits per heavy atom. The first kappa shape index (κ1) is 18.3. The number of phenols is 2. The molecule has 30 heavy (non-hydrogen) atoms. The fourth-order valence-electron chi connectivity index (χ4n) is 3.98. The highest BCUT2D eigenvalue weighted by molar-refractivity contribution is 6.29. The van der Waals surface area contributed by atoms with E-state index in [0.29, 0.717) is 33.9 Å². The first-order chi connectivity index (χ1) is 14.4. The molecular weight excluding hydrogens is 410 g/mol. The molecule has 0 unspecified atom stereocenters. The molecule has 2 heterocycles. The monoisotopic (exact) mass is 423 g/mol. The van der Waals surface area contributed by atoms with Crippen molar-refractivity contribution in [3.8, 4) is 23.0 Å². The van der Waals surface area contributed by atoms with Crippen molar-refractivity contribution in [2.75, 3.05) is 11.2 Å². The van der Waals surface area contributed by atoms with Crippen molar-refractivity contribution in [2.45, 2.75) is 5.60 Å². The first-order valence-electron chi connectivity index (χ1n) is 9.01. The number of nitrogens with one attached hydrogen (secondary N) is 1. The van der Waals surface area contributed by atoms with Crippen molar-refractivity contribution in [1.29, 1.82) is 0 Å². The lowest BCUT2D eigenvalue weighted by atomic mass is 9.77. The number of ether oxygens (including phenoxy) is 2. The summed E-state index contributed by atoms with van der Waals surface area (Å²) in [7, 11) is 0. The van der Waals surface area contributed by atoms with Crippen LogP contribution in [0.4, 0.5) is 5.69 Å². The molecular formula is C22H14ClNO6. The predicted octanol–water partition coefficient (Wildman–Crippen LogP) is 3.84. The number of alkyl halides is 1. The number of carbonyl (C=O) groups excluding carboxylic acids is 2. The quantitative estimate of drug-likeness (QED) is 0.427. The van der Waals surface area contributed by atoms with Crippen molar-refractivity contribution in [3.63, 3.8) is 0 Å². The third-order valence-corrected chi connectivity index (χ3v) is 5.42. The highest BCUT2D eigenvalue weighted by atomic mass is 35.5. The standard InChI is InChI=1S/C22H14ClNO6/c23-10-20(27)24-11-1-4-15-14(7-11)21(28)30-22(15)16-5-2-12(25)8-18(16)29-19-9-13(26)3-6-17(19)22/h1-9,25-26H,10H2,(H,24,27). The highest BCUT2D eigenvalue weighted by Crippen LogP contribution is 2.57. The minimum atomic E-state index is -1.33. The molecule has 3 aromatic rings. The topological polar surface area (TPSA) is 105 Å². The number of rotatable bonds is 2. The van der Waals surface area contributed by atoms with Gasteiger partial charge in [-0.05, 0) is 36.4 Å². The molecule has 2 aliphatic heterocycles. The summed E-state index contributed by atoms with van der Waals surface area (Å²) in [5, 5.41) is 22.5. The maximum Gasteiger partial charge on any atom is 0.340 e. The molecule has 150 valence electrons. The lowest BCUT2D eigenvalue weighted by molar-refractivity contribution is -0.113. The molecule has 0 atom stereocenters. The van der Waals surface area contributed by atoms with Gasteiger partial charge in [0.05, 0.1) is 5.56 Å². The summed E-state index contributed by atoms with van der Waals surface area (Å²) in [4.78, 5) is 24.5. The maximum absolute atomic E-state index is 12.9. The minimum absolute atomic E-state index is 0.0174.